The smallest absolute Gasteiger partial charge is 0.211 e. The predicted molar refractivity (Wildman–Crippen MR) is 114 cm³/mol. The molecule has 0 saturated heterocycles. The quantitative estimate of drug-likeness (QED) is 0.397. The third-order valence-electron chi connectivity index (χ3n) is 5.61. The van der Waals surface area contributed by atoms with Crippen molar-refractivity contribution in [1.82, 2.24) is 4.57 Å². The van der Waals surface area contributed by atoms with Crippen molar-refractivity contribution in [2.24, 2.45) is 0 Å². The largest absolute Gasteiger partial charge is 0.310 e. The first-order valence-electron chi connectivity index (χ1n) is 9.78. The molecule has 0 amide bonds. The Bertz CT molecular complexity index is 1380. The minimum absolute atomic E-state index is 0.0966. The van der Waals surface area contributed by atoms with Crippen molar-refractivity contribution in [2.75, 3.05) is 0 Å². The zero-order valence-corrected chi connectivity index (χ0v) is 16.6. The summed E-state index contributed by atoms with van der Waals surface area (Å²) in [5.74, 6) is -1.47. The van der Waals surface area contributed by atoms with Gasteiger partial charge in [-0.1, -0.05) is 54.6 Å². The van der Waals surface area contributed by atoms with Crippen LogP contribution in [0.1, 0.15) is 53.6 Å². The van der Waals surface area contributed by atoms with Crippen LogP contribution in [0.15, 0.2) is 78.9 Å². The number of nitrogens with zero attached hydrogens (tertiary/aromatic N) is 1. The summed E-state index contributed by atoms with van der Waals surface area (Å²) in [5, 5.41) is 0. The minimum Gasteiger partial charge on any atom is -0.310 e. The van der Waals surface area contributed by atoms with Gasteiger partial charge in [-0.25, -0.2) is 4.39 Å². The van der Waals surface area contributed by atoms with E-state index < -0.39 is 5.82 Å². The molecule has 4 nitrogen and oxygen atoms in total. The molecule has 3 aromatic carbocycles. The lowest BCUT2D eigenvalue weighted by atomic mass is 9.84. The lowest BCUT2D eigenvalue weighted by Gasteiger charge is -2.17. The molecular formula is C26H16FNO3. The van der Waals surface area contributed by atoms with E-state index in [9.17, 15) is 18.8 Å². The van der Waals surface area contributed by atoms with Crippen molar-refractivity contribution in [3.05, 3.63) is 124 Å². The third kappa shape index (κ3) is 2.78. The van der Waals surface area contributed by atoms with Gasteiger partial charge in [0.1, 0.15) is 11.5 Å². The van der Waals surface area contributed by atoms with Gasteiger partial charge >= 0.3 is 0 Å². The molecule has 0 bridgehead atoms. The summed E-state index contributed by atoms with van der Waals surface area (Å²) in [6.45, 7) is 1.70. The van der Waals surface area contributed by atoms with E-state index in [-0.39, 0.29) is 39.7 Å². The maximum absolute atomic E-state index is 13.5. The topological polar surface area (TPSA) is 56.1 Å². The molecule has 150 valence electrons. The lowest BCUT2D eigenvalue weighted by Crippen LogP contribution is -2.23. The molecule has 5 heteroatoms. The molecule has 1 aromatic heterocycles. The van der Waals surface area contributed by atoms with E-state index in [1.807, 2.05) is 0 Å². The molecule has 1 heterocycles. The first-order valence-corrected chi connectivity index (χ1v) is 9.78. The molecule has 0 fully saturated rings. The Morgan fingerprint density at radius 3 is 2.00 bits per heavy atom. The zero-order valence-electron chi connectivity index (χ0n) is 16.6. The molecule has 1 aliphatic rings. The minimum atomic E-state index is -0.421. The molecule has 4 aromatic rings. The fraction of sp³-hybridized carbons (Fsp3) is 0.0385. The molecule has 0 spiro atoms. The maximum Gasteiger partial charge on any atom is 0.211 e. The van der Waals surface area contributed by atoms with E-state index in [0.717, 1.165) is 0 Å². The van der Waals surface area contributed by atoms with Crippen LogP contribution in [0.3, 0.4) is 0 Å². The van der Waals surface area contributed by atoms with Crippen LogP contribution in [0.2, 0.25) is 0 Å². The average Bonchev–Trinajstić information content (AvgIpc) is 3.11. The standard InChI is InChI=1S/C26H16FNO3/c1-15-21(24(29)16-7-3-2-4-8-16)22-23(28(15)18-13-11-17(27)12-14-18)26(31)20-10-6-5-9-19(20)25(22)30/h2-14H,1H3. The Kier molecular flexibility index (Phi) is 4.26. The Labute approximate surface area is 177 Å². The molecule has 0 N–H and O–H groups in total. The van der Waals surface area contributed by atoms with E-state index in [1.54, 1.807) is 66.1 Å². The summed E-state index contributed by atoms with van der Waals surface area (Å²) in [6.07, 6.45) is 0. The highest BCUT2D eigenvalue weighted by Crippen LogP contribution is 2.36. The molecule has 0 unspecified atom stereocenters. The van der Waals surface area contributed by atoms with E-state index >= 15 is 0 Å². The van der Waals surface area contributed by atoms with Crippen LogP contribution in [-0.4, -0.2) is 21.9 Å². The van der Waals surface area contributed by atoms with Crippen molar-refractivity contribution in [2.45, 2.75) is 6.92 Å². The number of halogens is 1. The highest BCUT2D eigenvalue weighted by atomic mass is 19.1. The SMILES string of the molecule is Cc1c(C(=O)c2ccccc2)c2c(n1-c1ccc(F)cc1)C(=O)c1ccccc1C2=O. The van der Waals surface area contributed by atoms with E-state index in [4.69, 9.17) is 0 Å². The summed E-state index contributed by atoms with van der Waals surface area (Å²) in [6, 6.07) is 20.8. The molecule has 0 radical (unpaired) electrons. The van der Waals surface area contributed by atoms with Crippen LogP contribution in [0.25, 0.3) is 5.69 Å². The van der Waals surface area contributed by atoms with Gasteiger partial charge in [-0.2, -0.15) is 0 Å². The number of hydrogen-bond donors (Lipinski definition) is 0. The molecular weight excluding hydrogens is 393 g/mol. The van der Waals surface area contributed by atoms with E-state index in [2.05, 4.69) is 0 Å². The number of benzene rings is 3. The number of aromatic nitrogens is 1. The van der Waals surface area contributed by atoms with Crippen molar-refractivity contribution in [3.8, 4) is 5.69 Å². The molecule has 1 aliphatic carbocycles. The fourth-order valence-corrected chi connectivity index (χ4v) is 4.19. The first-order chi connectivity index (χ1) is 15.0. The summed E-state index contributed by atoms with van der Waals surface area (Å²) < 4.78 is 15.1. The van der Waals surface area contributed by atoms with Crippen molar-refractivity contribution < 1.29 is 18.8 Å². The van der Waals surface area contributed by atoms with Crippen LogP contribution in [0.5, 0.6) is 0 Å². The summed E-state index contributed by atoms with van der Waals surface area (Å²) in [4.78, 5) is 40.4. The van der Waals surface area contributed by atoms with Crippen LogP contribution in [0, 0.1) is 12.7 Å². The Morgan fingerprint density at radius 1 is 0.774 bits per heavy atom. The lowest BCUT2D eigenvalue weighted by molar-refractivity contribution is 0.0970. The number of ketones is 3. The third-order valence-corrected chi connectivity index (χ3v) is 5.61. The van der Waals surface area contributed by atoms with E-state index in [0.29, 0.717) is 22.5 Å². The normalized spacial score (nSPS) is 12.5. The number of rotatable bonds is 3. The van der Waals surface area contributed by atoms with E-state index in [1.165, 1.54) is 24.3 Å². The second-order valence-electron chi connectivity index (χ2n) is 7.39. The second-order valence-corrected chi connectivity index (χ2v) is 7.39. The maximum atomic E-state index is 13.5. The highest BCUT2D eigenvalue weighted by molar-refractivity contribution is 6.32. The molecule has 0 atom stereocenters. The number of carbonyl (C=O) groups excluding carboxylic acids is 3. The van der Waals surface area contributed by atoms with Gasteiger partial charge in [0.2, 0.25) is 5.78 Å². The van der Waals surface area contributed by atoms with Crippen LogP contribution in [0.4, 0.5) is 4.39 Å². The summed E-state index contributed by atoms with van der Waals surface area (Å²) in [5.41, 5.74) is 2.37. The average molecular weight is 409 g/mol. The van der Waals surface area contributed by atoms with Gasteiger partial charge in [-0.15, -0.1) is 0 Å². The molecule has 0 aliphatic heterocycles. The van der Waals surface area contributed by atoms with Gasteiger partial charge in [-0.05, 0) is 31.2 Å². The second kappa shape index (κ2) is 6.99. The van der Waals surface area contributed by atoms with Gasteiger partial charge in [0.15, 0.2) is 11.6 Å². The van der Waals surface area contributed by atoms with Crippen LogP contribution in [-0.2, 0) is 0 Å². The highest BCUT2D eigenvalue weighted by Gasteiger charge is 2.39. The van der Waals surface area contributed by atoms with Gasteiger partial charge in [0.25, 0.3) is 0 Å². The van der Waals surface area contributed by atoms with Gasteiger partial charge in [-0.3, -0.25) is 14.4 Å². The fourth-order valence-electron chi connectivity index (χ4n) is 4.19. The first kappa shape index (κ1) is 18.9. The van der Waals surface area contributed by atoms with Crippen LogP contribution < -0.4 is 0 Å². The number of carbonyl (C=O) groups is 3. The van der Waals surface area contributed by atoms with Crippen molar-refractivity contribution in [1.29, 1.82) is 0 Å². The van der Waals surface area contributed by atoms with Gasteiger partial charge in [0, 0.05) is 28.1 Å². The van der Waals surface area contributed by atoms with Gasteiger partial charge < -0.3 is 4.57 Å². The summed E-state index contributed by atoms with van der Waals surface area (Å²) in [7, 11) is 0. The zero-order chi connectivity index (χ0) is 21.7. The monoisotopic (exact) mass is 409 g/mol. The van der Waals surface area contributed by atoms with Crippen molar-refractivity contribution >= 4 is 17.3 Å². The summed E-state index contributed by atoms with van der Waals surface area (Å²) >= 11 is 0. The molecule has 0 saturated carbocycles. The molecule has 31 heavy (non-hydrogen) atoms. The number of fused-ring (bicyclic) bond motifs is 2. The number of hydrogen-bond acceptors (Lipinski definition) is 3. The van der Waals surface area contributed by atoms with Crippen molar-refractivity contribution in [3.63, 3.8) is 0 Å². The predicted octanol–water partition coefficient (Wildman–Crippen LogP) is 4.93. The molecule has 5 rings (SSSR count). The van der Waals surface area contributed by atoms with Gasteiger partial charge in [0.05, 0.1) is 11.1 Å². The van der Waals surface area contributed by atoms with Crippen LogP contribution >= 0.6 is 0 Å². The Balaban J connectivity index is 1.85. The Morgan fingerprint density at radius 2 is 1.35 bits per heavy atom. The Hall–Kier alpha value is -4.12.